The molecule has 114 valence electrons. The molecule has 0 atom stereocenters. The van der Waals surface area contributed by atoms with Gasteiger partial charge < -0.3 is 5.32 Å². The SMILES string of the molecule is CCCc1nc(-c2ccc(F)c(C)c2)sc1CNC(C)C. The van der Waals surface area contributed by atoms with Crippen LogP contribution in [-0.4, -0.2) is 11.0 Å². The molecule has 0 unspecified atom stereocenters. The van der Waals surface area contributed by atoms with Gasteiger partial charge in [-0.2, -0.15) is 0 Å². The molecule has 0 aliphatic carbocycles. The number of hydrogen-bond donors (Lipinski definition) is 1. The van der Waals surface area contributed by atoms with Gasteiger partial charge in [-0.25, -0.2) is 9.37 Å². The Kier molecular flexibility index (Phi) is 5.48. The van der Waals surface area contributed by atoms with E-state index in [-0.39, 0.29) is 5.82 Å². The first-order valence-corrected chi connectivity index (χ1v) is 8.31. The fourth-order valence-electron chi connectivity index (χ4n) is 2.15. The number of halogens is 1. The average molecular weight is 306 g/mol. The lowest BCUT2D eigenvalue weighted by Crippen LogP contribution is -2.21. The van der Waals surface area contributed by atoms with Crippen molar-refractivity contribution in [2.24, 2.45) is 0 Å². The molecule has 0 spiro atoms. The van der Waals surface area contributed by atoms with Crippen molar-refractivity contribution in [2.45, 2.75) is 53.1 Å². The first-order valence-electron chi connectivity index (χ1n) is 7.49. The van der Waals surface area contributed by atoms with E-state index >= 15 is 0 Å². The maximum Gasteiger partial charge on any atom is 0.126 e. The minimum absolute atomic E-state index is 0.161. The largest absolute Gasteiger partial charge is 0.310 e. The topological polar surface area (TPSA) is 24.9 Å². The Hall–Kier alpha value is -1.26. The van der Waals surface area contributed by atoms with Crippen LogP contribution in [0.25, 0.3) is 10.6 Å². The Balaban J connectivity index is 2.31. The number of hydrogen-bond acceptors (Lipinski definition) is 3. The zero-order valence-corrected chi connectivity index (χ0v) is 14.0. The van der Waals surface area contributed by atoms with Crippen LogP contribution >= 0.6 is 11.3 Å². The Morgan fingerprint density at radius 1 is 1.33 bits per heavy atom. The van der Waals surface area contributed by atoms with E-state index in [1.54, 1.807) is 18.3 Å². The zero-order valence-electron chi connectivity index (χ0n) is 13.2. The number of nitrogens with one attached hydrogen (secondary N) is 1. The Labute approximate surface area is 130 Å². The van der Waals surface area contributed by atoms with Gasteiger partial charge in [0, 0.05) is 23.0 Å². The molecule has 21 heavy (non-hydrogen) atoms. The van der Waals surface area contributed by atoms with Crippen molar-refractivity contribution >= 4 is 11.3 Å². The number of benzene rings is 1. The van der Waals surface area contributed by atoms with E-state index in [0.717, 1.165) is 30.0 Å². The van der Waals surface area contributed by atoms with Crippen molar-refractivity contribution in [3.63, 3.8) is 0 Å². The number of aromatic nitrogens is 1. The lowest BCUT2D eigenvalue weighted by Gasteiger charge is -2.07. The van der Waals surface area contributed by atoms with Crippen molar-refractivity contribution in [1.29, 1.82) is 0 Å². The van der Waals surface area contributed by atoms with Gasteiger partial charge in [-0.15, -0.1) is 11.3 Å². The van der Waals surface area contributed by atoms with Crippen LogP contribution in [0, 0.1) is 12.7 Å². The smallest absolute Gasteiger partial charge is 0.126 e. The second kappa shape index (κ2) is 7.14. The third-order valence-electron chi connectivity index (χ3n) is 3.34. The standard InChI is InChI=1S/C17H23FN2S/c1-5-6-15-16(10-19-11(2)3)21-17(20-15)13-7-8-14(18)12(4)9-13/h7-9,11,19H,5-6,10H2,1-4H3. The summed E-state index contributed by atoms with van der Waals surface area (Å²) in [5.41, 5.74) is 2.85. The number of nitrogens with zero attached hydrogens (tertiary/aromatic N) is 1. The molecular formula is C17H23FN2S. The molecule has 0 radical (unpaired) electrons. The second-order valence-electron chi connectivity index (χ2n) is 5.64. The molecule has 2 nitrogen and oxygen atoms in total. The summed E-state index contributed by atoms with van der Waals surface area (Å²) >= 11 is 1.71. The molecule has 0 saturated carbocycles. The van der Waals surface area contributed by atoms with Crippen LogP contribution in [0.3, 0.4) is 0 Å². The lowest BCUT2D eigenvalue weighted by atomic mass is 10.1. The van der Waals surface area contributed by atoms with Crippen LogP contribution in [0.4, 0.5) is 4.39 Å². The summed E-state index contributed by atoms with van der Waals surface area (Å²) in [6.07, 6.45) is 2.08. The fraction of sp³-hybridized carbons (Fsp3) is 0.471. The summed E-state index contributed by atoms with van der Waals surface area (Å²) in [6, 6.07) is 5.68. The van der Waals surface area contributed by atoms with Crippen LogP contribution in [0.15, 0.2) is 18.2 Å². The second-order valence-corrected chi connectivity index (χ2v) is 6.72. The van der Waals surface area contributed by atoms with E-state index in [1.165, 1.54) is 16.6 Å². The van der Waals surface area contributed by atoms with Crippen molar-refractivity contribution in [3.05, 3.63) is 40.2 Å². The minimum Gasteiger partial charge on any atom is -0.310 e. The molecular weight excluding hydrogens is 283 g/mol. The fourth-order valence-corrected chi connectivity index (χ4v) is 3.21. The molecule has 1 aromatic carbocycles. The molecule has 0 saturated heterocycles. The summed E-state index contributed by atoms with van der Waals surface area (Å²) in [6.45, 7) is 9.10. The van der Waals surface area contributed by atoms with Gasteiger partial charge in [-0.1, -0.05) is 27.2 Å². The van der Waals surface area contributed by atoms with Crippen molar-refractivity contribution in [1.82, 2.24) is 10.3 Å². The molecule has 1 N–H and O–H groups in total. The Bertz CT molecular complexity index is 605. The van der Waals surface area contributed by atoms with Crippen LogP contribution in [0.2, 0.25) is 0 Å². The third kappa shape index (κ3) is 4.11. The zero-order chi connectivity index (χ0) is 15.4. The Morgan fingerprint density at radius 3 is 2.71 bits per heavy atom. The maximum absolute atomic E-state index is 13.4. The number of thiazole rings is 1. The summed E-state index contributed by atoms with van der Waals surface area (Å²) < 4.78 is 13.4. The molecule has 0 amide bonds. The van der Waals surface area contributed by atoms with Crippen LogP contribution in [-0.2, 0) is 13.0 Å². The van der Waals surface area contributed by atoms with Crippen LogP contribution in [0.1, 0.15) is 43.3 Å². The lowest BCUT2D eigenvalue weighted by molar-refractivity contribution is 0.589. The minimum atomic E-state index is -0.161. The Morgan fingerprint density at radius 2 is 2.10 bits per heavy atom. The highest BCUT2D eigenvalue weighted by atomic mass is 32.1. The molecule has 1 heterocycles. The van der Waals surface area contributed by atoms with Gasteiger partial charge in [-0.3, -0.25) is 0 Å². The van der Waals surface area contributed by atoms with E-state index in [1.807, 2.05) is 12.1 Å². The molecule has 0 fully saturated rings. The summed E-state index contributed by atoms with van der Waals surface area (Å²) in [5, 5.41) is 4.44. The monoisotopic (exact) mass is 306 g/mol. The summed E-state index contributed by atoms with van der Waals surface area (Å²) in [5.74, 6) is -0.161. The molecule has 0 bridgehead atoms. The number of aryl methyl sites for hydroxylation is 2. The van der Waals surface area contributed by atoms with Gasteiger partial charge in [0.15, 0.2) is 0 Å². The predicted octanol–water partition coefficient (Wildman–Crippen LogP) is 4.71. The molecule has 2 aromatic rings. The molecule has 1 aromatic heterocycles. The average Bonchev–Trinajstić information content (AvgIpc) is 2.83. The van der Waals surface area contributed by atoms with Crippen molar-refractivity contribution in [3.8, 4) is 10.6 Å². The van der Waals surface area contributed by atoms with Gasteiger partial charge >= 0.3 is 0 Å². The maximum atomic E-state index is 13.4. The summed E-state index contributed by atoms with van der Waals surface area (Å²) in [4.78, 5) is 6.07. The predicted molar refractivity (Wildman–Crippen MR) is 88.2 cm³/mol. The van der Waals surface area contributed by atoms with E-state index in [2.05, 4.69) is 26.1 Å². The highest BCUT2D eigenvalue weighted by Gasteiger charge is 2.13. The molecule has 2 rings (SSSR count). The third-order valence-corrected chi connectivity index (χ3v) is 4.49. The van der Waals surface area contributed by atoms with E-state index < -0.39 is 0 Å². The number of rotatable bonds is 6. The van der Waals surface area contributed by atoms with Crippen molar-refractivity contribution < 1.29 is 4.39 Å². The molecule has 0 aliphatic rings. The van der Waals surface area contributed by atoms with Crippen LogP contribution in [0.5, 0.6) is 0 Å². The highest BCUT2D eigenvalue weighted by Crippen LogP contribution is 2.30. The first-order chi connectivity index (χ1) is 10.0. The van der Waals surface area contributed by atoms with Gasteiger partial charge in [0.1, 0.15) is 10.8 Å². The van der Waals surface area contributed by atoms with E-state index in [0.29, 0.717) is 11.6 Å². The van der Waals surface area contributed by atoms with Gasteiger partial charge in [0.05, 0.1) is 5.69 Å². The van der Waals surface area contributed by atoms with Gasteiger partial charge in [0.2, 0.25) is 0 Å². The first kappa shape index (κ1) is 16.1. The van der Waals surface area contributed by atoms with Gasteiger partial charge in [-0.05, 0) is 37.1 Å². The highest BCUT2D eigenvalue weighted by molar-refractivity contribution is 7.15. The molecule has 0 aliphatic heterocycles. The normalized spacial score (nSPS) is 11.3. The molecule has 4 heteroatoms. The van der Waals surface area contributed by atoms with Crippen molar-refractivity contribution in [2.75, 3.05) is 0 Å². The summed E-state index contributed by atoms with van der Waals surface area (Å²) in [7, 11) is 0. The van der Waals surface area contributed by atoms with Gasteiger partial charge in [0.25, 0.3) is 0 Å². The van der Waals surface area contributed by atoms with Crippen LogP contribution < -0.4 is 5.32 Å². The van der Waals surface area contributed by atoms with E-state index in [4.69, 9.17) is 4.98 Å². The quantitative estimate of drug-likeness (QED) is 0.836. The van der Waals surface area contributed by atoms with E-state index in [9.17, 15) is 4.39 Å².